The Morgan fingerprint density at radius 2 is 2.32 bits per heavy atom. The molecule has 0 bridgehead atoms. The zero-order valence-electron chi connectivity index (χ0n) is 12.9. The molecule has 5 heteroatoms. The number of aliphatic imine (C=N–C) groups is 1. The molecule has 3 rings (SSSR count). The van der Waals surface area contributed by atoms with Crippen LogP contribution in [0, 0.1) is 6.92 Å². The van der Waals surface area contributed by atoms with Gasteiger partial charge in [-0.2, -0.15) is 0 Å². The van der Waals surface area contributed by atoms with E-state index < -0.39 is 0 Å². The highest BCUT2D eigenvalue weighted by Crippen LogP contribution is 2.36. The lowest BCUT2D eigenvalue weighted by Crippen LogP contribution is -2.36. The Labute approximate surface area is 135 Å². The third-order valence-corrected chi connectivity index (χ3v) is 4.89. The number of aryl methyl sites for hydroxylation is 1. The zero-order valence-corrected chi connectivity index (χ0v) is 13.7. The summed E-state index contributed by atoms with van der Waals surface area (Å²) in [5.41, 5.74) is 9.01. The summed E-state index contributed by atoms with van der Waals surface area (Å²) in [6.07, 6.45) is 0.989. The monoisotopic (exact) mass is 315 g/mol. The topological polar surface area (TPSA) is 59.6 Å². The average Bonchev–Trinajstić information content (AvgIpc) is 2.96. The van der Waals surface area contributed by atoms with Gasteiger partial charge in [0.25, 0.3) is 0 Å². The Morgan fingerprint density at radius 3 is 3.14 bits per heavy atom. The lowest BCUT2D eigenvalue weighted by Gasteiger charge is -2.33. The van der Waals surface area contributed by atoms with Gasteiger partial charge in [-0.3, -0.25) is 0 Å². The van der Waals surface area contributed by atoms with Crippen LogP contribution in [0.4, 0.5) is 5.69 Å². The van der Waals surface area contributed by atoms with Crippen molar-refractivity contribution in [3.05, 3.63) is 51.7 Å². The molecule has 1 atom stereocenters. The van der Waals surface area contributed by atoms with E-state index in [2.05, 4.69) is 28.7 Å². The Hall–Kier alpha value is -1.85. The van der Waals surface area contributed by atoms with Crippen molar-refractivity contribution in [2.75, 3.05) is 18.5 Å². The van der Waals surface area contributed by atoms with Gasteiger partial charge in [-0.15, -0.1) is 11.3 Å². The van der Waals surface area contributed by atoms with Gasteiger partial charge < -0.3 is 15.8 Å². The van der Waals surface area contributed by atoms with Crippen LogP contribution in [0.2, 0.25) is 0 Å². The minimum Gasteiger partial charge on any atom is -0.370 e. The van der Waals surface area contributed by atoms with Crippen LogP contribution in [0.15, 0.2) is 40.7 Å². The molecule has 22 heavy (non-hydrogen) atoms. The first-order valence-electron chi connectivity index (χ1n) is 7.41. The number of hydrogen-bond acceptors (Lipinski definition) is 3. The van der Waals surface area contributed by atoms with Gasteiger partial charge >= 0.3 is 0 Å². The highest BCUT2D eigenvalue weighted by Gasteiger charge is 2.33. The van der Waals surface area contributed by atoms with Crippen LogP contribution in [0.1, 0.15) is 22.9 Å². The lowest BCUT2D eigenvalue weighted by molar-refractivity contribution is -0.0374. The van der Waals surface area contributed by atoms with E-state index in [4.69, 9.17) is 10.5 Å². The fourth-order valence-electron chi connectivity index (χ4n) is 2.73. The molecule has 116 valence electrons. The number of guanidine groups is 1. The number of thiophene rings is 1. The minimum atomic E-state index is -0.382. The molecular weight excluding hydrogens is 294 g/mol. The number of rotatable bonds is 3. The summed E-state index contributed by atoms with van der Waals surface area (Å²) < 4.78 is 5.99. The Kier molecular flexibility index (Phi) is 4.18. The van der Waals surface area contributed by atoms with Gasteiger partial charge in [0.05, 0.1) is 13.2 Å². The second-order valence-corrected chi connectivity index (χ2v) is 6.78. The molecule has 0 saturated carbocycles. The van der Waals surface area contributed by atoms with Crippen molar-refractivity contribution in [1.82, 2.24) is 0 Å². The summed E-state index contributed by atoms with van der Waals surface area (Å²) in [6.45, 7) is 5.39. The second-order valence-electron chi connectivity index (χ2n) is 5.78. The molecular formula is C17H21N3OS. The quantitative estimate of drug-likeness (QED) is 0.675. The maximum absolute atomic E-state index is 6.01. The maximum Gasteiger partial charge on any atom is 0.193 e. The molecule has 3 N–H and O–H groups in total. The van der Waals surface area contributed by atoms with E-state index in [0.717, 1.165) is 18.7 Å². The van der Waals surface area contributed by atoms with E-state index in [1.54, 1.807) is 11.3 Å². The van der Waals surface area contributed by atoms with Gasteiger partial charge in [0, 0.05) is 17.0 Å². The Balaban J connectivity index is 1.71. The van der Waals surface area contributed by atoms with Crippen molar-refractivity contribution in [1.29, 1.82) is 0 Å². The molecule has 2 aromatic rings. The fourth-order valence-corrected chi connectivity index (χ4v) is 3.71. The summed E-state index contributed by atoms with van der Waals surface area (Å²) in [5, 5.41) is 5.25. The lowest BCUT2D eigenvalue weighted by atomic mass is 9.93. The third kappa shape index (κ3) is 3.15. The third-order valence-electron chi connectivity index (χ3n) is 3.91. The van der Waals surface area contributed by atoms with E-state index in [1.165, 1.54) is 16.0 Å². The van der Waals surface area contributed by atoms with Gasteiger partial charge in [0.2, 0.25) is 0 Å². The molecule has 2 heterocycles. The summed E-state index contributed by atoms with van der Waals surface area (Å²) in [4.78, 5) is 5.88. The molecule has 1 aliphatic heterocycles. The van der Waals surface area contributed by atoms with Crippen molar-refractivity contribution < 1.29 is 4.74 Å². The van der Waals surface area contributed by atoms with Gasteiger partial charge in [0.15, 0.2) is 5.96 Å². The molecule has 0 aliphatic carbocycles. The van der Waals surface area contributed by atoms with Crippen LogP contribution in [-0.4, -0.2) is 19.1 Å². The number of ether oxygens (including phenoxy) is 1. The van der Waals surface area contributed by atoms with Crippen LogP contribution in [0.25, 0.3) is 0 Å². The number of nitrogens with one attached hydrogen (secondary N) is 1. The largest absolute Gasteiger partial charge is 0.370 e. The maximum atomic E-state index is 6.01. The molecule has 0 amide bonds. The number of hydrogen-bond donors (Lipinski definition) is 2. The number of nitrogens with zero attached hydrogens (tertiary/aromatic N) is 1. The van der Waals surface area contributed by atoms with Crippen LogP contribution in [0.3, 0.4) is 0 Å². The molecule has 1 aliphatic rings. The molecule has 1 aromatic carbocycles. The van der Waals surface area contributed by atoms with Crippen molar-refractivity contribution in [2.24, 2.45) is 10.7 Å². The fraction of sp³-hybridized carbons (Fsp3) is 0.353. The number of anilines is 1. The number of fused-ring (bicyclic) bond motifs is 1. The van der Waals surface area contributed by atoms with Crippen LogP contribution >= 0.6 is 11.3 Å². The minimum absolute atomic E-state index is 0.382. The molecule has 4 nitrogen and oxygen atoms in total. The zero-order chi connectivity index (χ0) is 15.6. The molecule has 0 saturated heterocycles. The molecule has 1 aromatic heterocycles. The van der Waals surface area contributed by atoms with Crippen molar-refractivity contribution in [2.45, 2.75) is 25.9 Å². The summed E-state index contributed by atoms with van der Waals surface area (Å²) in [5.74, 6) is 0.415. The average molecular weight is 315 g/mol. The molecule has 1 unspecified atom stereocenters. The second kappa shape index (κ2) is 6.10. The van der Waals surface area contributed by atoms with Crippen molar-refractivity contribution in [3.63, 3.8) is 0 Å². The first-order valence-corrected chi connectivity index (χ1v) is 8.29. The van der Waals surface area contributed by atoms with Crippen LogP contribution < -0.4 is 11.1 Å². The summed E-state index contributed by atoms with van der Waals surface area (Å²) in [6, 6.07) is 10.2. The normalized spacial score (nSPS) is 21.5. The van der Waals surface area contributed by atoms with Crippen molar-refractivity contribution in [3.8, 4) is 0 Å². The smallest absolute Gasteiger partial charge is 0.193 e. The highest BCUT2D eigenvalue weighted by molar-refractivity contribution is 7.10. The predicted molar refractivity (Wildman–Crippen MR) is 92.6 cm³/mol. The van der Waals surface area contributed by atoms with E-state index in [9.17, 15) is 0 Å². The number of nitrogens with two attached hydrogens (primary N) is 1. The highest BCUT2D eigenvalue weighted by atomic mass is 32.1. The van der Waals surface area contributed by atoms with E-state index in [-0.39, 0.29) is 5.60 Å². The Morgan fingerprint density at radius 1 is 1.45 bits per heavy atom. The first-order chi connectivity index (χ1) is 10.6. The van der Waals surface area contributed by atoms with Gasteiger partial charge in [-0.1, -0.05) is 12.1 Å². The molecule has 0 fully saturated rings. The predicted octanol–water partition coefficient (Wildman–Crippen LogP) is 3.27. The van der Waals surface area contributed by atoms with E-state index >= 15 is 0 Å². The first kappa shape index (κ1) is 15.1. The van der Waals surface area contributed by atoms with Gasteiger partial charge in [-0.25, -0.2) is 4.99 Å². The van der Waals surface area contributed by atoms with Gasteiger partial charge in [0.1, 0.15) is 5.60 Å². The van der Waals surface area contributed by atoms with Crippen LogP contribution in [0.5, 0.6) is 0 Å². The van der Waals surface area contributed by atoms with Crippen LogP contribution in [-0.2, 0) is 16.8 Å². The summed E-state index contributed by atoms with van der Waals surface area (Å²) >= 11 is 1.79. The number of benzene rings is 1. The van der Waals surface area contributed by atoms with E-state index in [0.29, 0.717) is 12.5 Å². The Bertz CT molecular complexity index is 695. The molecule has 0 spiro atoms. The summed E-state index contributed by atoms with van der Waals surface area (Å²) in [7, 11) is 0. The molecule has 0 radical (unpaired) electrons. The van der Waals surface area contributed by atoms with Crippen molar-refractivity contribution >= 4 is 23.0 Å². The SMILES string of the molecule is Cc1cccc(NC(N)=NCC2(C)OCCc3sccc32)c1. The van der Waals surface area contributed by atoms with Gasteiger partial charge in [-0.05, 0) is 48.6 Å². The standard InChI is InChI=1S/C17H21N3OS/c1-12-4-3-5-13(10-12)20-16(18)19-11-17(2)14-7-9-22-15(14)6-8-21-17/h3-5,7,9-10H,6,8,11H2,1-2H3,(H3,18,19,20). The van der Waals surface area contributed by atoms with E-state index in [1.807, 2.05) is 31.2 Å².